The lowest BCUT2D eigenvalue weighted by Gasteiger charge is -2.17. The van der Waals surface area contributed by atoms with E-state index in [0.29, 0.717) is 15.8 Å². The molecule has 2 fully saturated rings. The van der Waals surface area contributed by atoms with E-state index in [2.05, 4.69) is 5.32 Å². The Bertz CT molecular complexity index is 1110. The Hall–Kier alpha value is -2.19. The number of alkyl halides is 3. The minimum absolute atomic E-state index is 0.208. The predicted molar refractivity (Wildman–Crippen MR) is 123 cm³/mol. The summed E-state index contributed by atoms with van der Waals surface area (Å²) in [5, 5.41) is 3.12. The third kappa shape index (κ3) is 4.76. The molecule has 1 aliphatic carbocycles. The number of nitrogens with one attached hydrogen (secondary N) is 1. The molecule has 1 saturated heterocycles. The Labute approximate surface area is 193 Å². The summed E-state index contributed by atoms with van der Waals surface area (Å²) in [6, 6.07) is 5.97. The number of halogens is 4. The molecule has 1 aliphatic heterocycles. The number of carbonyl (C=O) groups is 1. The van der Waals surface area contributed by atoms with Crippen LogP contribution >= 0.6 is 23.4 Å². The molecule has 170 valence electrons. The fraction of sp³-hybridized carbons (Fsp3) is 0.391. The smallest absolute Gasteiger partial charge is 0.318 e. The second-order valence-electron chi connectivity index (χ2n) is 8.11. The van der Waals surface area contributed by atoms with Crippen molar-refractivity contribution in [3.05, 3.63) is 56.7 Å². The minimum atomic E-state index is -4.54. The molecule has 0 bridgehead atoms. The molecule has 1 amide bonds. The highest BCUT2D eigenvalue weighted by molar-refractivity contribution is 8.18. The summed E-state index contributed by atoms with van der Waals surface area (Å²) < 4.78 is 41.7. The number of hydrogen-bond acceptors (Lipinski definition) is 3. The van der Waals surface area contributed by atoms with Crippen LogP contribution < -0.4 is 5.32 Å². The SMILES string of the molecule is Cc1cc(/C=C2\SC(=NC3CCCCC3)NC2=O)c(C)n1-c1ccc(Cl)c(C(F)(F)F)c1. The average molecular weight is 482 g/mol. The van der Waals surface area contributed by atoms with Crippen molar-refractivity contribution in [2.75, 3.05) is 0 Å². The van der Waals surface area contributed by atoms with Crippen LogP contribution in [0, 0.1) is 13.8 Å². The Kier molecular flexibility index (Phi) is 6.45. The number of benzene rings is 1. The fourth-order valence-corrected chi connectivity index (χ4v) is 5.31. The van der Waals surface area contributed by atoms with Crippen molar-refractivity contribution in [2.24, 2.45) is 4.99 Å². The molecule has 0 spiro atoms. The Morgan fingerprint density at radius 1 is 1.19 bits per heavy atom. The maximum absolute atomic E-state index is 13.3. The van der Waals surface area contributed by atoms with Gasteiger partial charge in [0.1, 0.15) is 0 Å². The summed E-state index contributed by atoms with van der Waals surface area (Å²) in [6.45, 7) is 3.63. The number of thioether (sulfide) groups is 1. The molecule has 9 heteroatoms. The van der Waals surface area contributed by atoms with Crippen molar-refractivity contribution in [2.45, 2.75) is 58.2 Å². The number of amidine groups is 1. The van der Waals surface area contributed by atoms with E-state index in [1.165, 1.54) is 24.2 Å². The van der Waals surface area contributed by atoms with Crippen LogP contribution in [0.2, 0.25) is 5.02 Å². The summed E-state index contributed by atoms with van der Waals surface area (Å²) in [5.41, 5.74) is 1.74. The number of hydrogen-bond donors (Lipinski definition) is 1. The monoisotopic (exact) mass is 481 g/mol. The third-order valence-electron chi connectivity index (χ3n) is 5.80. The molecule has 0 atom stereocenters. The zero-order valence-electron chi connectivity index (χ0n) is 17.7. The normalized spacial score (nSPS) is 20.4. The van der Waals surface area contributed by atoms with Gasteiger partial charge >= 0.3 is 6.18 Å². The van der Waals surface area contributed by atoms with E-state index < -0.39 is 11.7 Å². The molecule has 2 aliphatic rings. The van der Waals surface area contributed by atoms with Gasteiger partial charge in [-0.3, -0.25) is 9.79 Å². The van der Waals surface area contributed by atoms with Gasteiger partial charge in [-0.2, -0.15) is 13.2 Å². The lowest BCUT2D eigenvalue weighted by molar-refractivity contribution is -0.137. The Morgan fingerprint density at radius 2 is 1.91 bits per heavy atom. The first-order valence-corrected chi connectivity index (χ1v) is 11.7. The van der Waals surface area contributed by atoms with Crippen molar-refractivity contribution < 1.29 is 18.0 Å². The lowest BCUT2D eigenvalue weighted by atomic mass is 9.96. The van der Waals surface area contributed by atoms with Crippen LogP contribution in [0.1, 0.15) is 54.6 Å². The van der Waals surface area contributed by atoms with Gasteiger partial charge < -0.3 is 9.88 Å². The molecular formula is C23H23ClF3N3OS. The van der Waals surface area contributed by atoms with Crippen molar-refractivity contribution in [3.8, 4) is 5.69 Å². The van der Waals surface area contributed by atoms with Crippen LogP contribution in [0.15, 0.2) is 34.2 Å². The number of nitrogens with zero attached hydrogens (tertiary/aromatic N) is 2. The molecule has 32 heavy (non-hydrogen) atoms. The van der Waals surface area contributed by atoms with Crippen molar-refractivity contribution in [1.29, 1.82) is 0 Å². The van der Waals surface area contributed by atoms with Gasteiger partial charge in [0.15, 0.2) is 5.17 Å². The molecular weight excluding hydrogens is 459 g/mol. The molecule has 1 saturated carbocycles. The molecule has 2 heterocycles. The number of rotatable bonds is 3. The first kappa shape index (κ1) is 23.0. The molecule has 2 aromatic rings. The zero-order valence-corrected chi connectivity index (χ0v) is 19.3. The molecule has 0 radical (unpaired) electrons. The van der Waals surface area contributed by atoms with Gasteiger partial charge in [-0.1, -0.05) is 30.9 Å². The fourth-order valence-electron chi connectivity index (χ4n) is 4.21. The molecule has 1 aromatic heterocycles. The minimum Gasteiger partial charge on any atom is -0.318 e. The molecule has 4 nitrogen and oxygen atoms in total. The van der Waals surface area contributed by atoms with Gasteiger partial charge in [0.2, 0.25) is 0 Å². The largest absolute Gasteiger partial charge is 0.417 e. The van der Waals surface area contributed by atoms with Gasteiger partial charge in [0.25, 0.3) is 5.91 Å². The van der Waals surface area contributed by atoms with Crippen LogP contribution in [-0.4, -0.2) is 21.7 Å². The molecule has 1 aromatic carbocycles. The molecule has 4 rings (SSSR count). The summed E-state index contributed by atoms with van der Waals surface area (Å²) in [6.07, 6.45) is 2.87. The number of aryl methyl sites for hydroxylation is 1. The van der Waals surface area contributed by atoms with E-state index >= 15 is 0 Å². The number of carbonyl (C=O) groups excluding carboxylic acids is 1. The Balaban J connectivity index is 1.63. The van der Waals surface area contributed by atoms with Crippen molar-refractivity contribution >= 4 is 40.5 Å². The average Bonchev–Trinajstić information content (AvgIpc) is 3.21. The first-order valence-electron chi connectivity index (χ1n) is 10.5. The summed E-state index contributed by atoms with van der Waals surface area (Å²) in [7, 11) is 0. The topological polar surface area (TPSA) is 46.4 Å². The van der Waals surface area contributed by atoms with E-state index in [0.717, 1.165) is 48.7 Å². The lowest BCUT2D eigenvalue weighted by Crippen LogP contribution is -2.22. The van der Waals surface area contributed by atoms with Crippen molar-refractivity contribution in [1.82, 2.24) is 9.88 Å². The third-order valence-corrected chi connectivity index (χ3v) is 7.05. The highest BCUT2D eigenvalue weighted by Crippen LogP contribution is 2.37. The number of aliphatic imine (C=N–C) groups is 1. The van der Waals surface area contributed by atoms with Gasteiger partial charge in [0.05, 0.1) is 21.5 Å². The second kappa shape index (κ2) is 8.98. The van der Waals surface area contributed by atoms with Crippen molar-refractivity contribution in [3.63, 3.8) is 0 Å². The highest BCUT2D eigenvalue weighted by Gasteiger charge is 2.33. The quantitative estimate of drug-likeness (QED) is 0.498. The van der Waals surface area contributed by atoms with Crippen LogP contribution in [0.3, 0.4) is 0 Å². The van der Waals surface area contributed by atoms with E-state index in [1.807, 2.05) is 19.9 Å². The van der Waals surface area contributed by atoms with Crippen LogP contribution in [0.4, 0.5) is 13.2 Å². The Morgan fingerprint density at radius 3 is 2.59 bits per heavy atom. The number of amides is 1. The van der Waals surface area contributed by atoms with Crippen LogP contribution in [0.25, 0.3) is 11.8 Å². The van der Waals surface area contributed by atoms with E-state index in [4.69, 9.17) is 16.6 Å². The molecule has 0 unspecified atom stereocenters. The predicted octanol–water partition coefficient (Wildman–Crippen LogP) is 6.66. The summed E-state index contributed by atoms with van der Waals surface area (Å²) in [4.78, 5) is 17.7. The van der Waals surface area contributed by atoms with Crippen LogP contribution in [0.5, 0.6) is 0 Å². The van der Waals surface area contributed by atoms with Gasteiger partial charge in [-0.05, 0) is 74.4 Å². The molecule has 1 N–H and O–H groups in total. The van der Waals surface area contributed by atoms with Gasteiger partial charge in [0, 0.05) is 17.1 Å². The standard InChI is InChI=1S/C23H23ClF3N3OS/c1-13-10-15(11-20-21(31)29-22(32-20)28-16-6-4-3-5-7-16)14(2)30(13)17-8-9-19(24)18(12-17)23(25,26)27/h8-12,16H,3-7H2,1-2H3,(H,28,29,31)/b20-11-. The summed E-state index contributed by atoms with van der Waals surface area (Å²) in [5.74, 6) is -0.208. The summed E-state index contributed by atoms with van der Waals surface area (Å²) >= 11 is 7.08. The maximum Gasteiger partial charge on any atom is 0.417 e. The highest BCUT2D eigenvalue weighted by atomic mass is 35.5. The van der Waals surface area contributed by atoms with E-state index in [9.17, 15) is 18.0 Å². The second-order valence-corrected chi connectivity index (χ2v) is 9.55. The van der Waals surface area contributed by atoms with E-state index in [1.54, 1.807) is 16.7 Å². The maximum atomic E-state index is 13.3. The zero-order chi connectivity index (χ0) is 23.0. The van der Waals surface area contributed by atoms with Gasteiger partial charge in [-0.25, -0.2) is 0 Å². The first-order chi connectivity index (χ1) is 15.1. The van der Waals surface area contributed by atoms with Gasteiger partial charge in [-0.15, -0.1) is 0 Å². The van der Waals surface area contributed by atoms with E-state index in [-0.39, 0.29) is 17.0 Å². The van der Waals surface area contributed by atoms with Crippen LogP contribution in [-0.2, 0) is 11.0 Å². The number of aromatic nitrogens is 1.